The third kappa shape index (κ3) is 4.51. The first-order chi connectivity index (χ1) is 12.1. The number of rotatable bonds is 5. The van der Waals surface area contributed by atoms with Crippen LogP contribution in [0.4, 0.5) is 0 Å². The topological polar surface area (TPSA) is 74.2 Å². The predicted molar refractivity (Wildman–Crippen MR) is 101 cm³/mol. The average molecular weight is 414 g/mol. The number of ether oxygens (including phenoxy) is 1. The first kappa shape index (κ1) is 19.0. The summed E-state index contributed by atoms with van der Waals surface area (Å²) < 4.78 is 4.93. The number of hydrogen-bond acceptors (Lipinski definition) is 6. The van der Waals surface area contributed by atoms with Gasteiger partial charge in [-0.1, -0.05) is 34.8 Å². The summed E-state index contributed by atoms with van der Waals surface area (Å²) in [7, 11) is 1.40. The van der Waals surface area contributed by atoms with E-state index in [1.54, 1.807) is 0 Å². The maximum Gasteiger partial charge on any atom is 0.337 e. The number of dihydropyridines is 1. The van der Waals surface area contributed by atoms with Crippen molar-refractivity contribution in [1.29, 1.82) is 0 Å². The van der Waals surface area contributed by atoms with Gasteiger partial charge in [0.05, 0.1) is 17.5 Å². The Hall–Kier alpha value is -0.760. The fourth-order valence-corrected chi connectivity index (χ4v) is 4.63. The molecule has 0 spiro atoms. The average Bonchev–Trinajstić information content (AvgIpc) is 3.14. The number of likely N-dealkylation sites (tertiary alicyclic amines) is 1. The number of piperidine rings is 1. The molecule has 4 unspecified atom stereocenters. The number of aliphatic hydroxyl groups excluding tert-OH is 1. The fraction of sp³-hybridized carbons (Fsp3) is 0.778. The van der Waals surface area contributed by atoms with Crippen LogP contribution in [-0.2, 0) is 9.53 Å². The van der Waals surface area contributed by atoms with E-state index in [4.69, 9.17) is 4.74 Å². The van der Waals surface area contributed by atoms with E-state index in [1.807, 2.05) is 12.3 Å². The Morgan fingerprint density at radius 3 is 2.88 bits per heavy atom. The number of esters is 1. The number of nitrogens with one attached hydrogen (secondary N) is 1. The van der Waals surface area contributed by atoms with E-state index < -0.39 is 0 Å². The van der Waals surface area contributed by atoms with Crippen LogP contribution in [-0.4, -0.2) is 72.1 Å². The number of hydrogen-bond donors (Lipinski definition) is 2. The van der Waals surface area contributed by atoms with Crippen molar-refractivity contribution >= 4 is 28.1 Å². The molecule has 2 fully saturated rings. The Kier molecular flexibility index (Phi) is 6.66. The molecule has 2 heterocycles. The molecule has 6 nitrogen and oxygen atoms in total. The van der Waals surface area contributed by atoms with Crippen LogP contribution in [0.1, 0.15) is 32.1 Å². The lowest BCUT2D eigenvalue weighted by Crippen LogP contribution is -2.55. The molecular weight excluding hydrogens is 386 g/mol. The molecule has 4 atom stereocenters. The highest BCUT2D eigenvalue weighted by atomic mass is 79.9. The number of halogens is 1. The Labute approximate surface area is 157 Å². The number of aliphatic hydroxyl groups is 1. The van der Waals surface area contributed by atoms with Gasteiger partial charge in [0.15, 0.2) is 0 Å². The van der Waals surface area contributed by atoms with Gasteiger partial charge in [-0.15, -0.1) is 0 Å². The second-order valence-corrected chi connectivity index (χ2v) is 8.27. The quantitative estimate of drug-likeness (QED) is 0.527. The molecule has 0 aromatic heterocycles. The molecule has 3 rings (SSSR count). The summed E-state index contributed by atoms with van der Waals surface area (Å²) in [5.41, 5.74) is 0.575. The van der Waals surface area contributed by atoms with Gasteiger partial charge in [0.2, 0.25) is 0 Å². The summed E-state index contributed by atoms with van der Waals surface area (Å²) in [6.07, 6.45) is 9.41. The summed E-state index contributed by atoms with van der Waals surface area (Å²) in [6.45, 7) is 1.73. The summed E-state index contributed by atoms with van der Waals surface area (Å²) in [5.74, 6) is -0.178. The van der Waals surface area contributed by atoms with Crippen molar-refractivity contribution in [2.45, 2.75) is 55.2 Å². The molecule has 1 saturated heterocycles. The highest BCUT2D eigenvalue weighted by Crippen LogP contribution is 2.28. The van der Waals surface area contributed by atoms with Gasteiger partial charge in [0, 0.05) is 43.9 Å². The van der Waals surface area contributed by atoms with Crippen LogP contribution in [0.2, 0.25) is 0 Å². The maximum absolute atomic E-state index is 12.1. The Morgan fingerprint density at radius 2 is 2.20 bits per heavy atom. The number of methoxy groups -OCH3 is 1. The van der Waals surface area contributed by atoms with Crippen molar-refractivity contribution in [3.63, 3.8) is 0 Å². The first-order valence-corrected chi connectivity index (χ1v) is 10.1. The van der Waals surface area contributed by atoms with E-state index >= 15 is 0 Å². The van der Waals surface area contributed by atoms with Crippen molar-refractivity contribution in [2.75, 3.05) is 26.8 Å². The van der Waals surface area contributed by atoms with Gasteiger partial charge < -0.3 is 15.2 Å². The standard InChI is InChI=1S/C18H28BrN3O3/c1-25-18(24)15-8-13(19)9-20-17(15)22-7-6-16(12(10-22)11-23)21-14-4-2-3-5-14/h8-9,12-14,16-17,21,23H,2-7,10-11H2,1H3. The van der Waals surface area contributed by atoms with Crippen molar-refractivity contribution < 1.29 is 14.6 Å². The molecule has 1 aliphatic carbocycles. The largest absolute Gasteiger partial charge is 0.466 e. The Morgan fingerprint density at radius 1 is 1.44 bits per heavy atom. The Balaban J connectivity index is 1.66. The zero-order valence-electron chi connectivity index (χ0n) is 14.7. The molecule has 0 radical (unpaired) electrons. The second kappa shape index (κ2) is 8.75. The van der Waals surface area contributed by atoms with E-state index in [9.17, 15) is 9.90 Å². The van der Waals surface area contributed by atoms with E-state index in [-0.39, 0.29) is 29.5 Å². The van der Waals surface area contributed by atoms with E-state index in [2.05, 4.69) is 31.1 Å². The molecule has 0 amide bonds. The zero-order valence-corrected chi connectivity index (χ0v) is 16.3. The van der Waals surface area contributed by atoms with E-state index in [0.29, 0.717) is 17.7 Å². The molecular formula is C18H28BrN3O3. The van der Waals surface area contributed by atoms with Gasteiger partial charge in [-0.05, 0) is 19.3 Å². The minimum atomic E-state index is -0.335. The number of alkyl halides is 1. The number of allylic oxidation sites excluding steroid dienone is 1. The highest BCUT2D eigenvalue weighted by molar-refractivity contribution is 9.10. The lowest BCUT2D eigenvalue weighted by molar-refractivity contribution is -0.137. The molecule has 2 aliphatic heterocycles. The molecule has 7 heteroatoms. The van der Waals surface area contributed by atoms with E-state index in [1.165, 1.54) is 32.8 Å². The summed E-state index contributed by atoms with van der Waals surface area (Å²) >= 11 is 3.46. The summed E-state index contributed by atoms with van der Waals surface area (Å²) in [4.78, 5) is 18.8. The lowest BCUT2D eigenvalue weighted by Gasteiger charge is -2.42. The van der Waals surface area contributed by atoms with Crippen molar-refractivity contribution in [2.24, 2.45) is 10.9 Å². The van der Waals surface area contributed by atoms with Gasteiger partial charge in [-0.3, -0.25) is 9.89 Å². The number of carbonyl (C=O) groups is 1. The smallest absolute Gasteiger partial charge is 0.337 e. The normalized spacial score (nSPS) is 34.1. The van der Waals surface area contributed by atoms with Crippen LogP contribution in [0.3, 0.4) is 0 Å². The summed E-state index contributed by atoms with van der Waals surface area (Å²) in [5, 5.41) is 13.7. The van der Waals surface area contributed by atoms with Crippen LogP contribution in [0.5, 0.6) is 0 Å². The van der Waals surface area contributed by atoms with Crippen molar-refractivity contribution in [3.8, 4) is 0 Å². The lowest BCUT2D eigenvalue weighted by atomic mass is 9.90. The van der Waals surface area contributed by atoms with Crippen LogP contribution < -0.4 is 5.32 Å². The fourth-order valence-electron chi connectivity index (χ4n) is 4.21. The Bertz CT molecular complexity index is 534. The maximum atomic E-state index is 12.1. The van der Waals surface area contributed by atoms with Crippen molar-refractivity contribution in [1.82, 2.24) is 10.2 Å². The minimum Gasteiger partial charge on any atom is -0.466 e. The minimum absolute atomic E-state index is 0.0481. The number of nitrogens with zero attached hydrogens (tertiary/aromatic N) is 2. The third-order valence-corrected chi connectivity index (χ3v) is 6.06. The molecule has 140 valence electrons. The molecule has 0 bridgehead atoms. The molecule has 0 aromatic carbocycles. The van der Waals surface area contributed by atoms with Crippen LogP contribution >= 0.6 is 15.9 Å². The molecule has 0 aromatic rings. The summed E-state index contributed by atoms with van der Waals surface area (Å²) in [6, 6.07) is 0.935. The molecule has 3 aliphatic rings. The van der Waals surface area contributed by atoms with Gasteiger partial charge in [0.25, 0.3) is 0 Å². The molecule has 25 heavy (non-hydrogen) atoms. The van der Waals surface area contributed by atoms with Gasteiger partial charge in [-0.25, -0.2) is 4.79 Å². The first-order valence-electron chi connectivity index (χ1n) is 9.20. The van der Waals surface area contributed by atoms with Crippen LogP contribution in [0.15, 0.2) is 16.6 Å². The molecule has 2 N–H and O–H groups in total. The second-order valence-electron chi connectivity index (χ2n) is 7.21. The van der Waals surface area contributed by atoms with Gasteiger partial charge >= 0.3 is 5.97 Å². The van der Waals surface area contributed by atoms with Crippen LogP contribution in [0.25, 0.3) is 0 Å². The SMILES string of the molecule is COC(=O)C1=CC(Br)C=NC1N1CCC(NC2CCCC2)C(CO)C1. The zero-order chi connectivity index (χ0) is 17.8. The monoisotopic (exact) mass is 413 g/mol. The van der Waals surface area contributed by atoms with E-state index in [0.717, 1.165) is 19.5 Å². The number of carbonyl (C=O) groups excluding carboxylic acids is 1. The third-order valence-electron chi connectivity index (χ3n) is 5.56. The number of aliphatic imine (C=N–C) groups is 1. The van der Waals surface area contributed by atoms with Crippen LogP contribution in [0, 0.1) is 5.92 Å². The highest BCUT2D eigenvalue weighted by Gasteiger charge is 2.37. The van der Waals surface area contributed by atoms with Gasteiger partial charge in [0.1, 0.15) is 6.17 Å². The predicted octanol–water partition coefficient (Wildman–Crippen LogP) is 1.47. The van der Waals surface area contributed by atoms with Gasteiger partial charge in [-0.2, -0.15) is 0 Å². The molecule has 1 saturated carbocycles. The van der Waals surface area contributed by atoms with Crippen molar-refractivity contribution in [3.05, 3.63) is 11.6 Å².